The molecule has 0 aromatic heterocycles. The fraction of sp³-hybridized carbons (Fsp3) is 1.00. The van der Waals surface area contributed by atoms with Crippen molar-refractivity contribution in [3.8, 4) is 0 Å². The summed E-state index contributed by atoms with van der Waals surface area (Å²) >= 11 is 0. The topological polar surface area (TPSA) is 46.2 Å². The molecule has 1 aliphatic heterocycles. The average Bonchev–Trinajstić information content (AvgIpc) is 1.83. The van der Waals surface area contributed by atoms with Crippen LogP contribution in [0.2, 0.25) is 0 Å². The Balaban J connectivity index is 2.59. The van der Waals surface area contributed by atoms with Crippen molar-refractivity contribution in [3.63, 3.8) is 0 Å². The molecule has 1 aliphatic rings. The lowest BCUT2D eigenvalue weighted by molar-refractivity contribution is 0.259. The van der Waals surface area contributed by atoms with Gasteiger partial charge in [-0.25, -0.2) is 0 Å². The monoisotopic (exact) mass is 195 g/mol. The Morgan fingerprint density at radius 1 is 1.42 bits per heavy atom. The number of halogens is 1. The lowest BCUT2D eigenvalue weighted by Crippen LogP contribution is -2.38. The molecule has 0 saturated carbocycles. The molecule has 0 unspecified atom stereocenters. The van der Waals surface area contributed by atoms with Crippen molar-refractivity contribution in [2.45, 2.75) is 19.8 Å². The van der Waals surface area contributed by atoms with E-state index in [9.17, 15) is 12.3 Å². The maximum Gasteiger partial charge on any atom is 0.302 e. The van der Waals surface area contributed by atoms with Gasteiger partial charge >= 0.3 is 10.2 Å². The summed E-state index contributed by atoms with van der Waals surface area (Å²) in [5.41, 5.74) is -0.362. The molecule has 12 heavy (non-hydrogen) atoms. The predicted octanol–water partition coefficient (Wildman–Crippen LogP) is 0.675. The Bertz CT molecular complexity index is 244. The quantitative estimate of drug-likeness (QED) is 0.659. The summed E-state index contributed by atoms with van der Waals surface area (Å²) in [5, 5.41) is 3.11. The van der Waals surface area contributed by atoms with Gasteiger partial charge in [-0.2, -0.15) is 8.42 Å². The van der Waals surface area contributed by atoms with E-state index in [-0.39, 0.29) is 11.2 Å². The van der Waals surface area contributed by atoms with Gasteiger partial charge in [-0.3, -0.25) is 0 Å². The van der Waals surface area contributed by atoms with E-state index in [4.69, 9.17) is 0 Å². The van der Waals surface area contributed by atoms with Gasteiger partial charge < -0.3 is 5.32 Å². The number of nitrogens with one attached hydrogen (secondary N) is 1. The molecule has 72 valence electrons. The molecule has 0 bridgehead atoms. The lowest BCUT2D eigenvalue weighted by atomic mass is 9.83. The molecule has 1 saturated heterocycles. The van der Waals surface area contributed by atoms with Crippen LogP contribution in [0.4, 0.5) is 3.89 Å². The van der Waals surface area contributed by atoms with Crippen LogP contribution < -0.4 is 5.32 Å². The minimum Gasteiger partial charge on any atom is -0.317 e. The Hall–Kier alpha value is -0.160. The molecule has 1 rings (SSSR count). The van der Waals surface area contributed by atoms with Crippen LogP contribution in [0.25, 0.3) is 0 Å². The number of piperidine rings is 1. The van der Waals surface area contributed by atoms with Crippen molar-refractivity contribution in [2.24, 2.45) is 5.41 Å². The maximum atomic E-state index is 12.4. The Morgan fingerprint density at radius 3 is 2.33 bits per heavy atom. The third kappa shape index (κ3) is 3.06. The van der Waals surface area contributed by atoms with Crippen molar-refractivity contribution in [1.29, 1.82) is 0 Å². The van der Waals surface area contributed by atoms with Crippen molar-refractivity contribution >= 4 is 10.2 Å². The second-order valence-electron chi connectivity index (χ2n) is 3.74. The Labute approximate surface area is 72.6 Å². The van der Waals surface area contributed by atoms with Gasteiger partial charge in [0.05, 0.1) is 5.75 Å². The highest BCUT2D eigenvalue weighted by molar-refractivity contribution is 7.86. The average molecular weight is 195 g/mol. The fourth-order valence-electron chi connectivity index (χ4n) is 1.59. The first kappa shape index (κ1) is 9.92. The zero-order valence-electron chi connectivity index (χ0n) is 7.14. The van der Waals surface area contributed by atoms with Crippen LogP contribution in [0.1, 0.15) is 19.8 Å². The van der Waals surface area contributed by atoms with Gasteiger partial charge in [-0.1, -0.05) is 6.92 Å². The second kappa shape index (κ2) is 3.30. The molecule has 1 fully saturated rings. The van der Waals surface area contributed by atoms with E-state index in [0.29, 0.717) is 0 Å². The molecule has 1 heterocycles. The summed E-state index contributed by atoms with van der Waals surface area (Å²) in [6, 6.07) is 0. The highest BCUT2D eigenvalue weighted by Gasteiger charge is 2.31. The van der Waals surface area contributed by atoms with Crippen LogP contribution in [0.15, 0.2) is 0 Å². The summed E-state index contributed by atoms with van der Waals surface area (Å²) in [6.45, 7) is 3.39. The van der Waals surface area contributed by atoms with Crippen LogP contribution in [-0.4, -0.2) is 27.3 Å². The van der Waals surface area contributed by atoms with E-state index in [1.54, 1.807) is 0 Å². The minimum atomic E-state index is -4.31. The first-order valence-electron chi connectivity index (χ1n) is 4.04. The molecule has 0 aromatic rings. The lowest BCUT2D eigenvalue weighted by Gasteiger charge is -2.32. The van der Waals surface area contributed by atoms with Gasteiger partial charge in [0.15, 0.2) is 0 Å². The van der Waals surface area contributed by atoms with Gasteiger partial charge in [-0.05, 0) is 31.3 Å². The minimum absolute atomic E-state index is 0.332. The van der Waals surface area contributed by atoms with Crippen molar-refractivity contribution in [3.05, 3.63) is 0 Å². The second-order valence-corrected chi connectivity index (χ2v) is 5.11. The van der Waals surface area contributed by atoms with E-state index < -0.39 is 10.2 Å². The molecular weight excluding hydrogens is 181 g/mol. The highest BCUT2D eigenvalue weighted by atomic mass is 32.3. The molecule has 3 nitrogen and oxygen atoms in total. The van der Waals surface area contributed by atoms with Gasteiger partial charge in [-0.15, -0.1) is 3.89 Å². The molecule has 5 heteroatoms. The third-order valence-corrected chi connectivity index (χ3v) is 3.37. The summed E-state index contributed by atoms with van der Waals surface area (Å²) < 4.78 is 33.2. The molecular formula is C7H14FNO2S. The largest absolute Gasteiger partial charge is 0.317 e. The van der Waals surface area contributed by atoms with Crippen LogP contribution in [-0.2, 0) is 10.2 Å². The summed E-state index contributed by atoms with van der Waals surface area (Å²) in [4.78, 5) is 0. The smallest absolute Gasteiger partial charge is 0.302 e. The van der Waals surface area contributed by atoms with Crippen LogP contribution in [0.5, 0.6) is 0 Å². The van der Waals surface area contributed by atoms with Crippen molar-refractivity contribution < 1.29 is 12.3 Å². The van der Waals surface area contributed by atoms with Crippen LogP contribution in [0, 0.1) is 5.41 Å². The number of hydrogen-bond acceptors (Lipinski definition) is 3. The molecule has 1 N–H and O–H groups in total. The summed E-state index contributed by atoms with van der Waals surface area (Å²) in [6.07, 6.45) is 1.46. The summed E-state index contributed by atoms with van der Waals surface area (Å²) in [7, 11) is -4.31. The van der Waals surface area contributed by atoms with Gasteiger partial charge in [0, 0.05) is 0 Å². The summed E-state index contributed by atoms with van der Waals surface area (Å²) in [5.74, 6) is -0.332. The number of rotatable bonds is 2. The highest BCUT2D eigenvalue weighted by Crippen LogP contribution is 2.29. The van der Waals surface area contributed by atoms with E-state index in [2.05, 4.69) is 5.32 Å². The molecule has 0 amide bonds. The van der Waals surface area contributed by atoms with Gasteiger partial charge in [0.25, 0.3) is 0 Å². The third-order valence-electron chi connectivity index (χ3n) is 2.33. The zero-order chi connectivity index (χ0) is 9.24. The van der Waals surface area contributed by atoms with Gasteiger partial charge in [0.1, 0.15) is 0 Å². The predicted molar refractivity (Wildman–Crippen MR) is 45.1 cm³/mol. The van der Waals surface area contributed by atoms with E-state index in [1.807, 2.05) is 6.92 Å². The zero-order valence-corrected chi connectivity index (χ0v) is 7.95. The molecule has 0 aromatic carbocycles. The van der Waals surface area contributed by atoms with Crippen LogP contribution >= 0.6 is 0 Å². The Morgan fingerprint density at radius 2 is 1.92 bits per heavy atom. The molecule has 0 spiro atoms. The van der Waals surface area contributed by atoms with E-state index in [1.165, 1.54) is 0 Å². The SMILES string of the molecule is CC1(CS(=O)(=O)F)CCNCC1. The normalized spacial score (nSPS) is 23.8. The Kier molecular flexibility index (Phi) is 2.73. The first-order valence-corrected chi connectivity index (χ1v) is 5.60. The molecule has 0 atom stereocenters. The van der Waals surface area contributed by atoms with E-state index >= 15 is 0 Å². The number of hydrogen-bond donors (Lipinski definition) is 1. The van der Waals surface area contributed by atoms with Crippen LogP contribution in [0.3, 0.4) is 0 Å². The molecule has 0 aliphatic carbocycles. The van der Waals surface area contributed by atoms with E-state index in [0.717, 1.165) is 25.9 Å². The fourth-order valence-corrected chi connectivity index (χ4v) is 2.71. The first-order chi connectivity index (χ1) is 5.41. The standard InChI is InChI=1S/C7H14FNO2S/c1-7(6-12(8,10)11)2-4-9-5-3-7/h9H,2-6H2,1H3. The maximum absolute atomic E-state index is 12.4. The van der Waals surface area contributed by atoms with Crippen molar-refractivity contribution in [1.82, 2.24) is 5.32 Å². The molecule has 0 radical (unpaired) electrons. The van der Waals surface area contributed by atoms with Gasteiger partial charge in [0.2, 0.25) is 0 Å². The van der Waals surface area contributed by atoms with Crippen molar-refractivity contribution in [2.75, 3.05) is 18.8 Å².